The quantitative estimate of drug-likeness (QED) is 0.513. The van der Waals surface area contributed by atoms with Crippen LogP contribution in [0.25, 0.3) is 0 Å². The molecule has 0 aromatic heterocycles. The van der Waals surface area contributed by atoms with E-state index in [4.69, 9.17) is 0 Å². The minimum absolute atomic E-state index is 0.0223. The molecule has 0 bridgehead atoms. The van der Waals surface area contributed by atoms with Crippen molar-refractivity contribution < 1.29 is 13.6 Å². The Bertz CT molecular complexity index is 154. The molecule has 1 aliphatic rings. The molecule has 10 heavy (non-hydrogen) atoms. The van der Waals surface area contributed by atoms with Gasteiger partial charge in [0.05, 0.1) is 0 Å². The third kappa shape index (κ3) is 1.52. The highest BCUT2D eigenvalue weighted by Crippen LogP contribution is 2.34. The lowest BCUT2D eigenvalue weighted by Gasteiger charge is -2.24. The van der Waals surface area contributed by atoms with Crippen LogP contribution in [0.4, 0.5) is 8.78 Å². The van der Waals surface area contributed by atoms with Crippen LogP contribution in [-0.4, -0.2) is 11.7 Å². The van der Waals surface area contributed by atoms with E-state index in [0.717, 1.165) is 0 Å². The molecule has 0 amide bonds. The number of ketones is 1. The molecule has 0 aromatic rings. The van der Waals surface area contributed by atoms with Gasteiger partial charge in [0.25, 0.3) is 0 Å². The van der Waals surface area contributed by atoms with Crippen molar-refractivity contribution >= 4 is 5.78 Å². The van der Waals surface area contributed by atoms with E-state index in [1.807, 2.05) is 0 Å². The van der Waals surface area contributed by atoms with Crippen LogP contribution in [0.2, 0.25) is 0 Å². The molecule has 1 atom stereocenters. The molecule has 58 valence electrons. The topological polar surface area (TPSA) is 17.1 Å². The lowest BCUT2D eigenvalue weighted by atomic mass is 9.87. The fourth-order valence-electron chi connectivity index (χ4n) is 1.22. The Kier molecular flexibility index (Phi) is 1.75. The molecule has 0 N–H and O–H groups in total. The Balaban J connectivity index is 2.57. The molecule has 1 rings (SSSR count). The van der Waals surface area contributed by atoms with Gasteiger partial charge in [-0.1, -0.05) is 6.92 Å². The molecule has 1 fully saturated rings. The zero-order chi connectivity index (χ0) is 7.78. The predicted molar refractivity (Wildman–Crippen MR) is 33.0 cm³/mol. The number of rotatable bonds is 0. The minimum Gasteiger partial charge on any atom is -0.299 e. The number of alkyl halides is 2. The predicted octanol–water partition coefficient (Wildman–Crippen LogP) is 2.01. The Hall–Kier alpha value is -0.470. The van der Waals surface area contributed by atoms with Crippen molar-refractivity contribution in [2.45, 2.75) is 32.1 Å². The van der Waals surface area contributed by atoms with Crippen LogP contribution >= 0.6 is 0 Å². The van der Waals surface area contributed by atoms with E-state index in [2.05, 4.69) is 0 Å². The van der Waals surface area contributed by atoms with Crippen LogP contribution < -0.4 is 0 Å². The van der Waals surface area contributed by atoms with Crippen LogP contribution in [0, 0.1) is 5.92 Å². The highest BCUT2D eigenvalue weighted by Gasteiger charge is 2.38. The van der Waals surface area contributed by atoms with Crippen molar-refractivity contribution in [2.24, 2.45) is 5.92 Å². The first-order valence-corrected chi connectivity index (χ1v) is 3.42. The number of carbonyl (C=O) groups is 1. The zero-order valence-corrected chi connectivity index (χ0v) is 5.86. The molecule has 0 aromatic carbocycles. The molecular formula is C7H10F2O. The summed E-state index contributed by atoms with van der Waals surface area (Å²) in [5, 5.41) is 0. The van der Waals surface area contributed by atoms with E-state index in [0.29, 0.717) is 0 Å². The van der Waals surface area contributed by atoms with Gasteiger partial charge in [0.2, 0.25) is 5.92 Å². The summed E-state index contributed by atoms with van der Waals surface area (Å²) in [6.45, 7) is 1.56. The van der Waals surface area contributed by atoms with Crippen LogP contribution in [0.1, 0.15) is 26.2 Å². The summed E-state index contributed by atoms with van der Waals surface area (Å²) in [7, 11) is 0. The SMILES string of the molecule is C[C@H]1CC(F)(F)CCC1=O. The highest BCUT2D eigenvalue weighted by atomic mass is 19.3. The molecule has 0 radical (unpaired) electrons. The summed E-state index contributed by atoms with van der Waals surface area (Å²) in [6.07, 6.45) is -0.462. The molecule has 1 nitrogen and oxygen atoms in total. The van der Waals surface area contributed by atoms with E-state index >= 15 is 0 Å². The monoisotopic (exact) mass is 148 g/mol. The fourth-order valence-corrected chi connectivity index (χ4v) is 1.22. The average Bonchev–Trinajstić information content (AvgIpc) is 1.79. The van der Waals surface area contributed by atoms with Crippen molar-refractivity contribution in [3.8, 4) is 0 Å². The van der Waals surface area contributed by atoms with E-state index < -0.39 is 11.8 Å². The maximum atomic E-state index is 12.5. The van der Waals surface area contributed by atoms with Gasteiger partial charge in [0.1, 0.15) is 5.78 Å². The van der Waals surface area contributed by atoms with Crippen LogP contribution in [0.5, 0.6) is 0 Å². The van der Waals surface area contributed by atoms with Crippen molar-refractivity contribution in [1.82, 2.24) is 0 Å². The van der Waals surface area contributed by atoms with Crippen LogP contribution in [-0.2, 0) is 4.79 Å². The molecule has 0 saturated heterocycles. The summed E-state index contributed by atoms with van der Waals surface area (Å²) in [5.74, 6) is -3.05. The van der Waals surface area contributed by atoms with Gasteiger partial charge in [-0.3, -0.25) is 4.79 Å². The molecule has 3 heteroatoms. The maximum Gasteiger partial charge on any atom is 0.249 e. The second kappa shape index (κ2) is 2.29. The van der Waals surface area contributed by atoms with E-state index in [9.17, 15) is 13.6 Å². The molecule has 1 aliphatic carbocycles. The third-order valence-corrected chi connectivity index (χ3v) is 1.89. The lowest BCUT2D eigenvalue weighted by molar-refractivity contribution is -0.134. The van der Waals surface area contributed by atoms with Crippen molar-refractivity contribution in [3.05, 3.63) is 0 Å². The van der Waals surface area contributed by atoms with Gasteiger partial charge < -0.3 is 0 Å². The largest absolute Gasteiger partial charge is 0.299 e. The number of carbonyl (C=O) groups excluding carboxylic acids is 1. The van der Waals surface area contributed by atoms with Crippen molar-refractivity contribution in [3.63, 3.8) is 0 Å². The molecule has 0 unspecified atom stereocenters. The van der Waals surface area contributed by atoms with E-state index in [1.54, 1.807) is 6.92 Å². The molecule has 0 spiro atoms. The summed E-state index contributed by atoms with van der Waals surface area (Å²) in [4.78, 5) is 10.7. The first-order chi connectivity index (χ1) is 4.51. The molecule has 1 saturated carbocycles. The summed E-state index contributed by atoms with van der Waals surface area (Å²) in [5.41, 5.74) is 0. The Labute approximate surface area is 58.4 Å². The number of Topliss-reactive ketones (excluding diaryl/α,β-unsaturated/α-hetero) is 1. The van der Waals surface area contributed by atoms with Crippen molar-refractivity contribution in [2.75, 3.05) is 0 Å². The average molecular weight is 148 g/mol. The van der Waals surface area contributed by atoms with Gasteiger partial charge in [-0.05, 0) is 0 Å². The van der Waals surface area contributed by atoms with E-state index in [1.165, 1.54) is 0 Å². The Morgan fingerprint density at radius 1 is 1.60 bits per heavy atom. The number of hydrogen-bond donors (Lipinski definition) is 0. The maximum absolute atomic E-state index is 12.5. The Morgan fingerprint density at radius 2 is 2.20 bits per heavy atom. The highest BCUT2D eigenvalue weighted by molar-refractivity contribution is 5.81. The fraction of sp³-hybridized carbons (Fsp3) is 0.857. The molecule has 0 heterocycles. The zero-order valence-electron chi connectivity index (χ0n) is 5.86. The summed E-state index contributed by atoms with van der Waals surface area (Å²) in [6, 6.07) is 0. The molecular weight excluding hydrogens is 138 g/mol. The second-order valence-corrected chi connectivity index (χ2v) is 2.93. The summed E-state index contributed by atoms with van der Waals surface area (Å²) < 4.78 is 25.0. The Morgan fingerprint density at radius 3 is 2.60 bits per heavy atom. The lowest BCUT2D eigenvalue weighted by Crippen LogP contribution is -2.30. The summed E-state index contributed by atoms with van der Waals surface area (Å²) >= 11 is 0. The van der Waals surface area contributed by atoms with Crippen LogP contribution in [0.15, 0.2) is 0 Å². The standard InChI is InChI=1S/C7H10F2O/c1-5-4-7(8,9)3-2-6(5)10/h5H,2-4H2,1H3/t5-/m0/s1. The van der Waals surface area contributed by atoms with Gasteiger partial charge in [0.15, 0.2) is 0 Å². The van der Waals surface area contributed by atoms with E-state index in [-0.39, 0.29) is 25.0 Å². The van der Waals surface area contributed by atoms with Gasteiger partial charge in [-0.15, -0.1) is 0 Å². The first-order valence-electron chi connectivity index (χ1n) is 3.42. The van der Waals surface area contributed by atoms with Gasteiger partial charge in [-0.2, -0.15) is 0 Å². The smallest absolute Gasteiger partial charge is 0.249 e. The molecule has 0 aliphatic heterocycles. The first kappa shape index (κ1) is 7.63. The third-order valence-electron chi connectivity index (χ3n) is 1.89. The second-order valence-electron chi connectivity index (χ2n) is 2.93. The van der Waals surface area contributed by atoms with Gasteiger partial charge in [-0.25, -0.2) is 8.78 Å². The van der Waals surface area contributed by atoms with Gasteiger partial charge in [0, 0.05) is 25.2 Å². The van der Waals surface area contributed by atoms with Crippen LogP contribution in [0.3, 0.4) is 0 Å². The van der Waals surface area contributed by atoms with Crippen molar-refractivity contribution in [1.29, 1.82) is 0 Å². The van der Waals surface area contributed by atoms with Gasteiger partial charge >= 0.3 is 0 Å². The minimum atomic E-state index is -2.59. The number of halogens is 2. The number of hydrogen-bond acceptors (Lipinski definition) is 1. The normalized spacial score (nSPS) is 32.3.